The minimum atomic E-state index is -3.49. The summed E-state index contributed by atoms with van der Waals surface area (Å²) in [7, 11) is -0.544. The van der Waals surface area contributed by atoms with Crippen molar-refractivity contribution in [3.8, 4) is 0 Å². The first-order chi connectivity index (χ1) is 10.4. The lowest BCUT2D eigenvalue weighted by Gasteiger charge is -2.12. The zero-order chi connectivity index (χ0) is 16.6. The van der Waals surface area contributed by atoms with Gasteiger partial charge in [0.2, 0.25) is 15.9 Å². The zero-order valence-corrected chi connectivity index (χ0v) is 15.3. The van der Waals surface area contributed by atoms with Crippen molar-refractivity contribution in [2.24, 2.45) is 5.73 Å². The molecule has 0 aliphatic rings. The Kier molecular flexibility index (Phi) is 10.1. The molecule has 132 valence electrons. The number of hydrogen-bond donors (Lipinski definition) is 2. The first-order valence-corrected chi connectivity index (χ1v) is 8.84. The molecule has 1 aromatic carbocycles. The number of nitrogens with zero attached hydrogens (tertiary/aromatic N) is 1. The fourth-order valence-corrected chi connectivity index (χ4v) is 2.90. The summed E-state index contributed by atoms with van der Waals surface area (Å²) >= 11 is 0. The summed E-state index contributed by atoms with van der Waals surface area (Å²) in [6.07, 6.45) is 4.21. The van der Waals surface area contributed by atoms with Crippen LogP contribution in [0.3, 0.4) is 0 Å². The Bertz CT molecular complexity index is 591. The molecule has 3 N–H and O–H groups in total. The third-order valence-corrected chi connectivity index (χ3v) is 5.07. The van der Waals surface area contributed by atoms with Crippen molar-refractivity contribution < 1.29 is 13.2 Å². The van der Waals surface area contributed by atoms with Gasteiger partial charge in [0.25, 0.3) is 0 Å². The van der Waals surface area contributed by atoms with Crippen molar-refractivity contribution >= 4 is 34.0 Å². The van der Waals surface area contributed by atoms with Gasteiger partial charge >= 0.3 is 0 Å². The molecule has 0 aliphatic heterocycles. The summed E-state index contributed by atoms with van der Waals surface area (Å²) in [5.41, 5.74) is 5.91. The van der Waals surface area contributed by atoms with E-state index in [9.17, 15) is 13.2 Å². The Morgan fingerprint density at radius 2 is 1.83 bits per heavy atom. The van der Waals surface area contributed by atoms with Crippen LogP contribution in [0, 0.1) is 0 Å². The van der Waals surface area contributed by atoms with Gasteiger partial charge < -0.3 is 11.1 Å². The van der Waals surface area contributed by atoms with Gasteiger partial charge in [-0.3, -0.25) is 4.79 Å². The average molecular weight is 364 g/mol. The molecular weight excluding hydrogens is 338 g/mol. The maximum absolute atomic E-state index is 12.0. The molecule has 6 nitrogen and oxygen atoms in total. The van der Waals surface area contributed by atoms with Gasteiger partial charge in [-0.25, -0.2) is 12.7 Å². The van der Waals surface area contributed by atoms with Crippen LogP contribution in [-0.4, -0.2) is 39.3 Å². The first kappa shape index (κ1) is 21.9. The summed E-state index contributed by atoms with van der Waals surface area (Å²) in [4.78, 5) is 12.0. The third-order valence-electron chi connectivity index (χ3n) is 3.25. The minimum Gasteiger partial charge on any atom is -0.330 e. The van der Waals surface area contributed by atoms with Gasteiger partial charge in [-0.05, 0) is 37.6 Å². The fraction of sp³-hybridized carbons (Fsp3) is 0.533. The predicted molar refractivity (Wildman–Crippen MR) is 95.3 cm³/mol. The molecule has 0 saturated carbocycles. The van der Waals surface area contributed by atoms with E-state index < -0.39 is 10.0 Å². The summed E-state index contributed by atoms with van der Waals surface area (Å²) in [5, 5.41) is 2.74. The van der Waals surface area contributed by atoms with Crippen molar-refractivity contribution in [3.05, 3.63) is 24.3 Å². The second-order valence-electron chi connectivity index (χ2n) is 5.32. The topological polar surface area (TPSA) is 92.5 Å². The Morgan fingerprint density at radius 1 is 1.17 bits per heavy atom. The van der Waals surface area contributed by atoms with E-state index in [0.717, 1.165) is 30.0 Å². The number of rotatable bonds is 9. The van der Waals surface area contributed by atoms with Crippen LogP contribution in [0.15, 0.2) is 29.2 Å². The van der Waals surface area contributed by atoms with Crippen LogP contribution < -0.4 is 11.1 Å². The van der Waals surface area contributed by atoms with Crippen molar-refractivity contribution in [2.45, 2.75) is 37.0 Å². The molecule has 1 aromatic rings. The summed E-state index contributed by atoms with van der Waals surface area (Å²) in [6.45, 7) is 0.680. The molecule has 0 radical (unpaired) electrons. The largest absolute Gasteiger partial charge is 0.330 e. The van der Waals surface area contributed by atoms with E-state index in [1.165, 1.54) is 26.2 Å². The normalized spacial score (nSPS) is 11.1. The molecule has 0 bridgehead atoms. The molecule has 23 heavy (non-hydrogen) atoms. The number of halogens is 1. The van der Waals surface area contributed by atoms with E-state index in [2.05, 4.69) is 5.32 Å². The molecule has 0 unspecified atom stereocenters. The predicted octanol–water partition coefficient (Wildman–Crippen LogP) is 2.21. The highest BCUT2D eigenvalue weighted by atomic mass is 35.5. The average Bonchev–Trinajstić information content (AvgIpc) is 2.47. The molecule has 8 heteroatoms. The van der Waals surface area contributed by atoms with E-state index in [4.69, 9.17) is 5.73 Å². The number of nitrogens with one attached hydrogen (secondary N) is 1. The molecule has 0 spiro atoms. The Labute approximate surface area is 144 Å². The lowest BCUT2D eigenvalue weighted by atomic mass is 10.1. The van der Waals surface area contributed by atoms with Crippen LogP contribution >= 0.6 is 12.4 Å². The number of hydrogen-bond acceptors (Lipinski definition) is 4. The van der Waals surface area contributed by atoms with Crippen LogP contribution in [-0.2, 0) is 14.8 Å². The van der Waals surface area contributed by atoms with Gasteiger partial charge in [0, 0.05) is 26.2 Å². The maximum atomic E-state index is 12.0. The molecule has 0 heterocycles. The van der Waals surface area contributed by atoms with Gasteiger partial charge in [0.05, 0.1) is 4.90 Å². The van der Waals surface area contributed by atoms with Crippen molar-refractivity contribution in [3.63, 3.8) is 0 Å². The van der Waals surface area contributed by atoms with Crippen LogP contribution in [0.1, 0.15) is 32.1 Å². The number of amides is 1. The second kappa shape index (κ2) is 10.6. The highest BCUT2D eigenvalue weighted by molar-refractivity contribution is 7.89. The number of nitrogens with two attached hydrogens (primary N) is 1. The monoisotopic (exact) mass is 363 g/mol. The highest BCUT2D eigenvalue weighted by Gasteiger charge is 2.17. The number of carbonyl (C=O) groups is 1. The smallest absolute Gasteiger partial charge is 0.242 e. The quantitative estimate of drug-likeness (QED) is 0.658. The molecule has 0 fully saturated rings. The standard InChI is InChI=1S/C15H25N3O3S.ClH/c1-18(2)22(20,21)14-9-7-8-13(12-14)17-15(19)10-5-3-4-6-11-16;/h7-9,12H,3-6,10-11,16H2,1-2H3,(H,17,19);1H. The SMILES string of the molecule is CN(C)S(=O)(=O)c1cccc(NC(=O)CCCCCCN)c1.Cl. The molecule has 0 aromatic heterocycles. The van der Waals surface area contributed by atoms with E-state index >= 15 is 0 Å². The van der Waals surface area contributed by atoms with Crippen LogP contribution in [0.5, 0.6) is 0 Å². The van der Waals surface area contributed by atoms with E-state index in [-0.39, 0.29) is 23.2 Å². The van der Waals surface area contributed by atoms with Crippen LogP contribution in [0.25, 0.3) is 0 Å². The molecule has 1 rings (SSSR count). The second-order valence-corrected chi connectivity index (χ2v) is 7.47. The highest BCUT2D eigenvalue weighted by Crippen LogP contribution is 2.18. The van der Waals surface area contributed by atoms with Crippen LogP contribution in [0.2, 0.25) is 0 Å². The number of carbonyl (C=O) groups excluding carboxylic acids is 1. The Balaban J connectivity index is 0.00000484. The maximum Gasteiger partial charge on any atom is 0.242 e. The Morgan fingerprint density at radius 3 is 2.43 bits per heavy atom. The van der Waals surface area contributed by atoms with Crippen molar-refractivity contribution in [2.75, 3.05) is 26.0 Å². The summed E-state index contributed by atoms with van der Waals surface area (Å²) in [6, 6.07) is 6.29. The van der Waals surface area contributed by atoms with Gasteiger partial charge in [0.1, 0.15) is 0 Å². The molecule has 0 aliphatic carbocycles. The lowest BCUT2D eigenvalue weighted by Crippen LogP contribution is -2.22. The number of benzene rings is 1. The van der Waals surface area contributed by atoms with E-state index in [1.54, 1.807) is 12.1 Å². The number of sulfonamides is 1. The van der Waals surface area contributed by atoms with Crippen molar-refractivity contribution in [1.29, 1.82) is 0 Å². The first-order valence-electron chi connectivity index (χ1n) is 7.40. The number of unbranched alkanes of at least 4 members (excludes halogenated alkanes) is 3. The third kappa shape index (κ3) is 7.30. The van der Waals surface area contributed by atoms with Crippen molar-refractivity contribution in [1.82, 2.24) is 4.31 Å². The zero-order valence-electron chi connectivity index (χ0n) is 13.6. The van der Waals surface area contributed by atoms with Crippen LogP contribution in [0.4, 0.5) is 5.69 Å². The van der Waals surface area contributed by atoms with Gasteiger partial charge in [-0.2, -0.15) is 0 Å². The molecule has 0 saturated heterocycles. The number of anilines is 1. The molecule has 0 atom stereocenters. The summed E-state index contributed by atoms with van der Waals surface area (Å²) in [5.74, 6) is -0.104. The van der Waals surface area contributed by atoms with Gasteiger partial charge in [0.15, 0.2) is 0 Å². The molecule has 1 amide bonds. The van der Waals surface area contributed by atoms with E-state index in [0.29, 0.717) is 18.7 Å². The van der Waals surface area contributed by atoms with Gasteiger partial charge in [-0.15, -0.1) is 12.4 Å². The lowest BCUT2D eigenvalue weighted by molar-refractivity contribution is -0.116. The van der Waals surface area contributed by atoms with Gasteiger partial charge in [-0.1, -0.05) is 18.9 Å². The Hall–Kier alpha value is -1.15. The minimum absolute atomic E-state index is 0. The molecular formula is C15H26ClN3O3S. The van der Waals surface area contributed by atoms with E-state index in [1.807, 2.05) is 0 Å². The summed E-state index contributed by atoms with van der Waals surface area (Å²) < 4.78 is 25.2. The fourth-order valence-electron chi connectivity index (χ4n) is 1.95.